The van der Waals surface area contributed by atoms with Gasteiger partial charge in [0.25, 0.3) is 0 Å². The number of ether oxygens (including phenoxy) is 2. The maximum Gasteiger partial charge on any atom is 0.225 e. The Bertz CT molecular complexity index is 958. The highest BCUT2D eigenvalue weighted by Crippen LogP contribution is 2.29. The van der Waals surface area contributed by atoms with Crippen LogP contribution in [0.2, 0.25) is 0 Å². The average molecular weight is 576 g/mol. The first-order valence-electron chi connectivity index (χ1n) is 15.1. The lowest BCUT2D eigenvalue weighted by molar-refractivity contribution is -0.146. The zero-order valence-electron chi connectivity index (χ0n) is 26.3. The lowest BCUT2D eigenvalue weighted by atomic mass is 9.90. The Hall–Kier alpha value is -2.49. The van der Waals surface area contributed by atoms with Crippen molar-refractivity contribution in [2.24, 2.45) is 17.8 Å². The average Bonchev–Trinajstić information content (AvgIpc) is 3.45. The van der Waals surface area contributed by atoms with Gasteiger partial charge >= 0.3 is 0 Å². The van der Waals surface area contributed by atoms with Crippen molar-refractivity contribution in [3.63, 3.8) is 0 Å². The Morgan fingerprint density at radius 2 is 1.73 bits per heavy atom. The van der Waals surface area contributed by atoms with Gasteiger partial charge in [0.05, 0.1) is 42.7 Å². The molecule has 2 rings (SSSR count). The van der Waals surface area contributed by atoms with Crippen molar-refractivity contribution >= 4 is 17.7 Å². The number of aliphatic hydroxyl groups is 1. The predicted molar refractivity (Wildman–Crippen MR) is 160 cm³/mol. The summed E-state index contributed by atoms with van der Waals surface area (Å²) in [5.41, 5.74) is 0.733. The highest BCUT2D eigenvalue weighted by Gasteiger charge is 2.42. The maximum atomic E-state index is 13.7. The molecule has 41 heavy (non-hydrogen) atoms. The highest BCUT2D eigenvalue weighted by molar-refractivity contribution is 5.80. The van der Waals surface area contributed by atoms with Crippen LogP contribution in [0.3, 0.4) is 0 Å². The van der Waals surface area contributed by atoms with Gasteiger partial charge in [0.2, 0.25) is 17.7 Å². The van der Waals surface area contributed by atoms with E-state index >= 15 is 0 Å². The Balaban J connectivity index is 2.11. The van der Waals surface area contributed by atoms with Crippen LogP contribution in [0.5, 0.6) is 0 Å². The minimum atomic E-state index is -0.812. The van der Waals surface area contributed by atoms with Crippen LogP contribution in [0, 0.1) is 17.8 Å². The number of nitrogens with zero attached hydrogens (tertiary/aromatic N) is 2. The van der Waals surface area contributed by atoms with Crippen molar-refractivity contribution in [2.75, 3.05) is 34.4 Å². The summed E-state index contributed by atoms with van der Waals surface area (Å²) < 4.78 is 11.7. The van der Waals surface area contributed by atoms with E-state index in [-0.39, 0.29) is 54.6 Å². The summed E-state index contributed by atoms with van der Waals surface area (Å²) in [7, 11) is 4.98. The fraction of sp³-hybridized carbons (Fsp3) is 0.719. The van der Waals surface area contributed by atoms with Crippen LogP contribution >= 0.6 is 0 Å². The molecule has 9 heteroatoms. The highest BCUT2D eigenvalue weighted by atomic mass is 16.5. The fourth-order valence-corrected chi connectivity index (χ4v) is 5.97. The van der Waals surface area contributed by atoms with Gasteiger partial charge in [0, 0.05) is 40.8 Å². The Labute approximate surface area is 246 Å². The van der Waals surface area contributed by atoms with E-state index in [0.717, 1.165) is 24.8 Å². The van der Waals surface area contributed by atoms with Gasteiger partial charge < -0.3 is 29.7 Å². The molecule has 0 spiro atoms. The molecule has 232 valence electrons. The number of likely N-dealkylation sites (tertiary alicyclic amines) is 1. The summed E-state index contributed by atoms with van der Waals surface area (Å²) >= 11 is 0. The monoisotopic (exact) mass is 575 g/mol. The van der Waals surface area contributed by atoms with Crippen LogP contribution in [-0.2, 0) is 23.9 Å². The largest absolute Gasteiger partial charge is 0.387 e. The third kappa shape index (κ3) is 9.51. The Morgan fingerprint density at radius 1 is 1.07 bits per heavy atom. The van der Waals surface area contributed by atoms with Crippen molar-refractivity contribution < 1.29 is 29.0 Å². The van der Waals surface area contributed by atoms with Crippen LogP contribution in [0.15, 0.2) is 30.3 Å². The van der Waals surface area contributed by atoms with Crippen molar-refractivity contribution in [3.05, 3.63) is 35.9 Å². The van der Waals surface area contributed by atoms with Gasteiger partial charge in [-0.2, -0.15) is 0 Å². The van der Waals surface area contributed by atoms with Crippen LogP contribution in [0.25, 0.3) is 0 Å². The third-order valence-electron chi connectivity index (χ3n) is 8.54. The first-order valence-corrected chi connectivity index (χ1v) is 15.1. The normalized spacial score (nSPS) is 19.8. The van der Waals surface area contributed by atoms with Crippen molar-refractivity contribution in [3.8, 4) is 0 Å². The van der Waals surface area contributed by atoms with E-state index in [4.69, 9.17) is 9.47 Å². The van der Waals surface area contributed by atoms with Gasteiger partial charge in [0.15, 0.2) is 0 Å². The number of benzene rings is 1. The topological polar surface area (TPSA) is 108 Å². The maximum absolute atomic E-state index is 13.7. The van der Waals surface area contributed by atoms with Crippen LogP contribution in [0.4, 0.5) is 0 Å². The molecule has 0 bridgehead atoms. The molecule has 9 nitrogen and oxygen atoms in total. The van der Waals surface area contributed by atoms with Crippen LogP contribution in [-0.4, -0.2) is 91.3 Å². The number of carbonyl (C=O) groups is 3. The number of nitrogens with one attached hydrogen (secondary N) is 1. The van der Waals surface area contributed by atoms with E-state index in [2.05, 4.69) is 19.2 Å². The molecule has 3 amide bonds. The molecular weight excluding hydrogens is 522 g/mol. The molecule has 1 fully saturated rings. The minimum absolute atomic E-state index is 0.0514. The van der Waals surface area contributed by atoms with E-state index in [1.54, 1.807) is 26.0 Å². The van der Waals surface area contributed by atoms with Gasteiger partial charge in [-0.15, -0.1) is 0 Å². The van der Waals surface area contributed by atoms with Crippen LogP contribution in [0.1, 0.15) is 78.4 Å². The van der Waals surface area contributed by atoms with E-state index in [1.165, 1.54) is 0 Å². The lowest BCUT2D eigenvalue weighted by Crippen LogP contribution is -2.53. The molecule has 0 aromatic heterocycles. The number of hydrogen-bond donors (Lipinski definition) is 2. The molecule has 1 heterocycles. The molecule has 1 aromatic carbocycles. The molecule has 0 aliphatic carbocycles. The summed E-state index contributed by atoms with van der Waals surface area (Å²) in [6.45, 7) is 10.7. The summed E-state index contributed by atoms with van der Waals surface area (Å²) in [6.07, 6.45) is 1.21. The first kappa shape index (κ1) is 34.7. The summed E-state index contributed by atoms with van der Waals surface area (Å²) in [5, 5.41) is 13.3. The number of methoxy groups -OCH3 is 2. The van der Waals surface area contributed by atoms with Gasteiger partial charge in [-0.1, -0.05) is 71.4 Å². The van der Waals surface area contributed by atoms with Gasteiger partial charge in [-0.25, -0.2) is 0 Å². The van der Waals surface area contributed by atoms with Gasteiger partial charge in [0.1, 0.15) is 0 Å². The Kier molecular flexibility index (Phi) is 14.2. The molecule has 1 aliphatic rings. The third-order valence-corrected chi connectivity index (χ3v) is 8.54. The summed E-state index contributed by atoms with van der Waals surface area (Å²) in [5.74, 6) is -0.399. The first-order chi connectivity index (χ1) is 19.5. The van der Waals surface area contributed by atoms with E-state index in [0.29, 0.717) is 13.0 Å². The molecule has 1 saturated heterocycles. The molecule has 7 atom stereocenters. The zero-order chi connectivity index (χ0) is 30.7. The second kappa shape index (κ2) is 16.8. The van der Waals surface area contributed by atoms with Crippen molar-refractivity contribution in [1.82, 2.24) is 15.1 Å². The Morgan fingerprint density at radius 3 is 2.29 bits per heavy atom. The van der Waals surface area contributed by atoms with E-state index < -0.39 is 24.2 Å². The van der Waals surface area contributed by atoms with Crippen molar-refractivity contribution in [1.29, 1.82) is 0 Å². The molecule has 2 N–H and O–H groups in total. The number of hydrogen-bond acceptors (Lipinski definition) is 6. The molecule has 1 aromatic rings. The van der Waals surface area contributed by atoms with Gasteiger partial charge in [-0.3, -0.25) is 14.4 Å². The molecule has 0 radical (unpaired) electrons. The number of likely N-dealkylation sites (N-methyl/N-ethyl adjacent to an activating group) is 1. The van der Waals surface area contributed by atoms with Gasteiger partial charge in [-0.05, 0) is 30.2 Å². The van der Waals surface area contributed by atoms with E-state index in [1.807, 2.05) is 56.1 Å². The standard InChI is InChI=1S/C32H53N3O6/c1-9-22(4)30(34(6)28(37)18-21(2)3)27(40-7)19-29(38)35-17-13-16-25(35)31(41-8)23(5)32(39)33-20-26(36)24-14-11-10-12-15-24/h10-12,14-15,21-23,25-27,30-31,36H,9,13,16-20H2,1-8H3,(H,33,39)/t22-,23+,25-,26?,27?,30-,31+/m0/s1. The summed E-state index contributed by atoms with van der Waals surface area (Å²) in [6, 6.07) is 8.70. The summed E-state index contributed by atoms with van der Waals surface area (Å²) in [4.78, 5) is 43.4. The number of carbonyl (C=O) groups excluding carboxylic acids is 3. The molecule has 1 aliphatic heterocycles. The second-order valence-electron chi connectivity index (χ2n) is 11.9. The number of aliphatic hydroxyl groups excluding tert-OH is 1. The lowest BCUT2D eigenvalue weighted by Gasteiger charge is -2.39. The van der Waals surface area contributed by atoms with Crippen LogP contribution < -0.4 is 5.32 Å². The second-order valence-corrected chi connectivity index (χ2v) is 11.9. The SMILES string of the molecule is CC[C@H](C)[C@@H](C(CC(=O)N1CCC[C@H]1[C@H](OC)[C@@H](C)C(=O)NCC(O)c1ccccc1)OC)N(C)C(=O)CC(C)C. The molecule has 2 unspecified atom stereocenters. The fourth-order valence-electron chi connectivity index (χ4n) is 5.97. The quantitative estimate of drug-likeness (QED) is 0.310. The number of rotatable bonds is 16. The molecular formula is C32H53N3O6. The minimum Gasteiger partial charge on any atom is -0.387 e. The predicted octanol–water partition coefficient (Wildman–Crippen LogP) is 3.80. The van der Waals surface area contributed by atoms with E-state index in [9.17, 15) is 19.5 Å². The molecule has 0 saturated carbocycles. The number of amides is 3. The van der Waals surface area contributed by atoms with Crippen molar-refractivity contribution in [2.45, 2.75) is 97.1 Å². The smallest absolute Gasteiger partial charge is 0.225 e. The zero-order valence-corrected chi connectivity index (χ0v) is 26.3.